The van der Waals surface area contributed by atoms with E-state index < -0.39 is 83.1 Å². The van der Waals surface area contributed by atoms with Gasteiger partial charge in [0.15, 0.2) is 0 Å². The lowest BCUT2D eigenvalue weighted by atomic mass is 9.92. The van der Waals surface area contributed by atoms with Gasteiger partial charge in [0.1, 0.15) is 5.60 Å². The predicted molar refractivity (Wildman–Crippen MR) is 188 cm³/mol. The second-order valence-electron chi connectivity index (χ2n) is 13.3. The van der Waals surface area contributed by atoms with E-state index in [9.17, 15) is 43.6 Å². The highest BCUT2D eigenvalue weighted by atomic mass is 35.5. The zero-order valence-electron chi connectivity index (χ0n) is 30.1. The van der Waals surface area contributed by atoms with Crippen LogP contribution < -0.4 is 14.8 Å². The molecule has 2 aromatic rings. The van der Waals surface area contributed by atoms with Crippen LogP contribution in [0.3, 0.4) is 0 Å². The molecule has 2 aliphatic heterocycles. The summed E-state index contributed by atoms with van der Waals surface area (Å²) >= 11 is 9.53. The van der Waals surface area contributed by atoms with Gasteiger partial charge in [-0.25, -0.2) is 40.4 Å². The van der Waals surface area contributed by atoms with Crippen LogP contribution in [0.15, 0.2) is 46.5 Å². The maximum atomic E-state index is 15.4. The molecule has 4 heterocycles. The fourth-order valence-electron chi connectivity index (χ4n) is 5.51. The summed E-state index contributed by atoms with van der Waals surface area (Å²) in [5, 5.41) is -1.83. The van der Waals surface area contributed by atoms with Crippen LogP contribution in [0.25, 0.3) is 0 Å². The van der Waals surface area contributed by atoms with Gasteiger partial charge in [-0.2, -0.15) is 17.6 Å². The topological polar surface area (TPSA) is 154 Å². The number of carbonyl (C=O) groups excluding carboxylic acids is 1. The Morgan fingerprint density at radius 2 is 1.15 bits per heavy atom. The Labute approximate surface area is 321 Å². The first kappa shape index (κ1) is 47.3. The van der Waals surface area contributed by atoms with Gasteiger partial charge in [-0.1, -0.05) is 0 Å². The number of pyridine rings is 2. The molecular weight excluding hydrogens is 817 g/mol. The highest BCUT2D eigenvalue weighted by Gasteiger charge is 2.49. The van der Waals surface area contributed by atoms with Crippen LogP contribution in [0.2, 0.25) is 0 Å². The first-order valence-electron chi connectivity index (χ1n) is 16.4. The largest absolute Gasteiger partial charge is 0.444 e. The average Bonchev–Trinajstić information content (AvgIpc) is 3.08. The highest BCUT2D eigenvalue weighted by Crippen LogP contribution is 2.40. The number of ether oxygens (including phenoxy) is 3. The molecule has 2 aliphatic rings. The lowest BCUT2D eigenvalue weighted by Gasteiger charge is -2.38. The van der Waals surface area contributed by atoms with E-state index in [4.69, 9.17) is 27.9 Å². The van der Waals surface area contributed by atoms with Crippen LogP contribution in [-0.2, 0) is 24.4 Å². The Kier molecular flexibility index (Phi) is 17.4. The van der Waals surface area contributed by atoms with Gasteiger partial charge in [-0.05, 0) is 85.5 Å². The van der Waals surface area contributed by atoms with E-state index in [0.29, 0.717) is 25.9 Å². The zero-order valence-corrected chi connectivity index (χ0v) is 33.2. The summed E-state index contributed by atoms with van der Waals surface area (Å²) in [6.45, 7) is 2.47. The second kappa shape index (κ2) is 19.9. The van der Waals surface area contributed by atoms with Crippen molar-refractivity contribution >= 4 is 49.0 Å². The zero-order chi connectivity index (χ0) is 41.1. The van der Waals surface area contributed by atoms with Crippen LogP contribution in [0.1, 0.15) is 60.3 Å². The smallest absolute Gasteiger partial charge is 0.410 e. The summed E-state index contributed by atoms with van der Waals surface area (Å²) < 4.78 is 143. The van der Waals surface area contributed by atoms with Crippen molar-refractivity contribution in [2.24, 2.45) is 11.8 Å². The van der Waals surface area contributed by atoms with Crippen LogP contribution in [0.4, 0.5) is 31.1 Å². The molecule has 54 heavy (non-hydrogen) atoms. The van der Waals surface area contributed by atoms with Crippen molar-refractivity contribution in [1.82, 2.24) is 20.2 Å². The molecule has 2 aromatic heterocycles. The van der Waals surface area contributed by atoms with Crippen molar-refractivity contribution in [3.05, 3.63) is 36.7 Å². The fourth-order valence-corrected chi connectivity index (χ4v) is 8.66. The van der Waals surface area contributed by atoms with E-state index in [1.54, 1.807) is 20.8 Å². The Hall–Kier alpha value is -2.81. The molecule has 1 N–H and O–H groups in total. The normalized spacial score (nSPS) is 18.3. The lowest BCUT2D eigenvalue weighted by Crippen LogP contribution is -2.48. The van der Waals surface area contributed by atoms with Crippen LogP contribution in [0.5, 0.6) is 11.8 Å². The highest BCUT2D eigenvalue weighted by molar-refractivity contribution is 7.93. The average molecular weight is 862 g/mol. The number of carbonyl (C=O) groups is 1. The number of nitrogens with zero attached hydrogens (tertiary/aromatic N) is 3. The maximum absolute atomic E-state index is 15.4. The number of alkyl halides is 8. The van der Waals surface area contributed by atoms with E-state index >= 15 is 4.39 Å². The molecule has 0 aliphatic carbocycles. The first-order chi connectivity index (χ1) is 24.9. The molecule has 12 nitrogen and oxygen atoms in total. The number of piperidine rings is 2. The molecule has 0 bridgehead atoms. The number of rotatable bonds is 10. The quantitative estimate of drug-likeness (QED) is 0.188. The molecule has 0 saturated carbocycles. The molecule has 0 radical (unpaired) electrons. The number of hydrogen-bond acceptors (Lipinski definition) is 11. The summed E-state index contributed by atoms with van der Waals surface area (Å²) in [4.78, 5) is 19.7. The molecule has 2 atom stereocenters. The maximum Gasteiger partial charge on any atom is 0.410 e. The third kappa shape index (κ3) is 12.9. The Balaban J connectivity index is 0.000000359. The monoisotopic (exact) mass is 860 g/mol. The van der Waals surface area contributed by atoms with E-state index in [2.05, 4.69) is 24.8 Å². The number of aromatic nitrogens is 2. The fraction of sp³-hybridized carbons (Fsp3) is 0.656. The molecule has 4 rings (SSSR count). The molecule has 1 amide bonds. The third-order valence-corrected chi connectivity index (χ3v) is 12.9. The number of amides is 1. The van der Waals surface area contributed by atoms with Gasteiger partial charge < -0.3 is 24.4 Å². The minimum Gasteiger partial charge on any atom is -0.444 e. The third-order valence-electron chi connectivity index (χ3n) is 8.45. The van der Waals surface area contributed by atoms with Crippen LogP contribution in [-0.4, -0.2) is 98.1 Å². The van der Waals surface area contributed by atoms with Crippen molar-refractivity contribution in [3.8, 4) is 11.8 Å². The van der Waals surface area contributed by atoms with Crippen molar-refractivity contribution in [1.29, 1.82) is 0 Å². The number of sulfone groups is 2. The van der Waals surface area contributed by atoms with E-state index in [1.165, 1.54) is 4.90 Å². The van der Waals surface area contributed by atoms with E-state index in [1.807, 2.05) is 0 Å². The Morgan fingerprint density at radius 1 is 0.778 bits per heavy atom. The molecular formula is C32H44Cl2F6N4O8S2. The molecule has 0 aromatic carbocycles. The summed E-state index contributed by atoms with van der Waals surface area (Å²) in [6.07, 6.45) is 2.18. The minimum atomic E-state index is -4.46. The summed E-state index contributed by atoms with van der Waals surface area (Å²) in [5.74, 6) is -2.37. The number of likely N-dealkylation sites (tertiary alicyclic amines) is 1. The molecule has 22 heteroatoms. The van der Waals surface area contributed by atoms with E-state index in [-0.39, 0.29) is 36.2 Å². The minimum absolute atomic E-state index is 0.130. The lowest BCUT2D eigenvalue weighted by molar-refractivity contribution is -0.0536. The first-order valence-corrected chi connectivity index (χ1v) is 20.4. The predicted octanol–water partition coefficient (Wildman–Crippen LogP) is 7.35. The molecule has 0 spiro atoms. The van der Waals surface area contributed by atoms with Gasteiger partial charge in [0.05, 0.1) is 15.1 Å². The summed E-state index contributed by atoms with van der Waals surface area (Å²) in [7, 11) is -8.74. The van der Waals surface area contributed by atoms with Crippen LogP contribution in [0, 0.1) is 11.8 Å². The summed E-state index contributed by atoms with van der Waals surface area (Å²) in [5.41, 5.74) is -0.668. The molecule has 2 unspecified atom stereocenters. The van der Waals surface area contributed by atoms with Gasteiger partial charge in [-0.15, -0.1) is 23.2 Å². The van der Waals surface area contributed by atoms with Crippen molar-refractivity contribution in [2.75, 3.05) is 31.5 Å². The summed E-state index contributed by atoms with van der Waals surface area (Å²) in [6, 6.07) is 3.93. The Bertz CT molecular complexity index is 1690. The number of hydrogen-bond donors (Lipinski definition) is 1. The van der Waals surface area contributed by atoms with Gasteiger partial charge in [0, 0.05) is 49.5 Å². The van der Waals surface area contributed by atoms with Crippen LogP contribution >= 0.6 is 23.2 Å². The van der Waals surface area contributed by atoms with E-state index in [0.717, 1.165) is 50.5 Å². The van der Waals surface area contributed by atoms with Gasteiger partial charge >= 0.3 is 19.3 Å². The number of nitrogens with one attached hydrogen (secondary N) is 1. The van der Waals surface area contributed by atoms with Gasteiger partial charge in [-0.3, -0.25) is 0 Å². The Morgan fingerprint density at radius 3 is 1.46 bits per heavy atom. The molecule has 2 saturated heterocycles. The van der Waals surface area contributed by atoms with Gasteiger partial charge in [0.25, 0.3) is 0 Å². The van der Waals surface area contributed by atoms with Crippen molar-refractivity contribution in [2.45, 2.75) is 98.9 Å². The van der Waals surface area contributed by atoms with Crippen molar-refractivity contribution in [3.63, 3.8) is 0 Å². The van der Waals surface area contributed by atoms with Gasteiger partial charge in [0.2, 0.25) is 41.4 Å². The number of halogens is 8. The second-order valence-corrected chi connectivity index (χ2v) is 18.6. The SMILES string of the molecule is CC(C)(C)OC(=O)N1CCC(C(C)(F)S(=O)(=O)c2ccc(OC(F)F)nc2)CC1.CC(F)(C1CCNCC1)S(=O)(=O)c1ccc(OC(F)F)nc1.ClCCl. The molecule has 2 fully saturated rings. The molecule has 308 valence electrons. The van der Waals surface area contributed by atoms with Crippen molar-refractivity contribution < 1.29 is 62.2 Å². The standard InChI is InChI=1S/C18H25F3N2O5S.C13H17F3N2O3S.CH2Cl2/c1-17(2,3)28-16(24)23-9-7-12(8-10-23)18(4,21)29(25,26)13-5-6-14(22-11-13)27-15(19)20;1-13(16,9-4-6-17-7-5-9)22(19,20)10-2-3-11(18-8-10)21-12(14)15;2-1-3/h5-6,11-12,15H,7-10H2,1-4H3;2-3,8-9,12,17H,4-7H2,1H3;1H2.